The van der Waals surface area contributed by atoms with E-state index in [0.29, 0.717) is 0 Å². The highest BCUT2D eigenvalue weighted by atomic mass is 32.7. The first-order chi connectivity index (χ1) is 38.9. The molecule has 0 radical (unpaired) electrons. The van der Waals surface area contributed by atoms with Gasteiger partial charge in [0.2, 0.25) is 0 Å². The van der Waals surface area contributed by atoms with Crippen LogP contribution in [0.1, 0.15) is 24.0 Å². The minimum absolute atomic E-state index is 0.778. The molecule has 0 saturated heterocycles. The van der Waals surface area contributed by atoms with E-state index in [4.69, 9.17) is 0 Å². The van der Waals surface area contributed by atoms with Crippen LogP contribution in [0.5, 0.6) is 0 Å². The molecule has 2 aromatic heterocycles. The Balaban J connectivity index is 0.000000638. The van der Waals surface area contributed by atoms with E-state index in [9.17, 15) is 0 Å². The number of fused-ring (bicyclic) bond motifs is 6. The van der Waals surface area contributed by atoms with Gasteiger partial charge in [-0.25, -0.2) is 0 Å². The minimum Gasteiger partial charge on any atom is -0.309 e. The van der Waals surface area contributed by atoms with Crippen molar-refractivity contribution in [3.63, 3.8) is 0 Å². The third-order valence-corrected chi connectivity index (χ3v) is 15.3. The fraction of sp³-hybridized carbons (Fsp3) is 0.0667. The summed E-state index contributed by atoms with van der Waals surface area (Å²) >= 11 is 3.82. The number of allylic oxidation sites excluding steroid dienone is 4. The molecule has 0 N–H and O–H groups in total. The van der Waals surface area contributed by atoms with Crippen LogP contribution in [0, 0.1) is 13.8 Å². The van der Waals surface area contributed by atoms with E-state index in [0.717, 1.165) is 7.78 Å². The van der Waals surface area contributed by atoms with Crippen LogP contribution >= 0.6 is 20.0 Å². The van der Waals surface area contributed by atoms with Crippen molar-refractivity contribution in [1.82, 2.24) is 9.13 Å². The summed E-state index contributed by atoms with van der Waals surface area (Å²) in [5.41, 5.74) is 24.3. The van der Waals surface area contributed by atoms with Gasteiger partial charge in [-0.1, -0.05) is 202 Å². The van der Waals surface area contributed by atoms with Gasteiger partial charge < -0.3 is 9.13 Å². The first-order valence-corrected chi connectivity index (χ1v) is 30.1. The fourth-order valence-corrected chi connectivity index (χ4v) is 11.5. The molecule has 0 spiro atoms. The molecule has 2 heterocycles. The van der Waals surface area contributed by atoms with Crippen LogP contribution in [0.2, 0.25) is 0 Å². The molecular weight excluding hydrogens is 992 g/mol. The molecule has 4 heteroatoms. The van der Waals surface area contributed by atoms with Crippen molar-refractivity contribution in [1.29, 1.82) is 0 Å². The Kier molecular flexibility index (Phi) is 14.9. The minimum atomic E-state index is 0.778. The van der Waals surface area contributed by atoms with Crippen LogP contribution in [-0.2, 0) is 0 Å². The van der Waals surface area contributed by atoms with E-state index in [1.54, 1.807) is 0 Å². The maximum Gasteiger partial charge on any atom is 0.0541 e. The molecule has 1 unspecified atom stereocenters. The third kappa shape index (κ3) is 10.3. The summed E-state index contributed by atoms with van der Waals surface area (Å²) in [6, 6.07) is 93.5. The molecule has 382 valence electrons. The number of aromatic nitrogens is 2. The van der Waals surface area contributed by atoms with Crippen molar-refractivity contribution >= 4 is 63.6 Å². The first kappa shape index (κ1) is 51.1. The zero-order valence-electron chi connectivity index (χ0n) is 44.8. The summed E-state index contributed by atoms with van der Waals surface area (Å²) in [7, 11) is 0.778. The van der Waals surface area contributed by atoms with Crippen molar-refractivity contribution in [2.45, 2.75) is 26.7 Å². The average Bonchev–Trinajstić information content (AvgIpc) is 4.18. The smallest absolute Gasteiger partial charge is 0.0541 e. The van der Waals surface area contributed by atoms with E-state index in [-0.39, 0.29) is 0 Å². The third-order valence-electron chi connectivity index (χ3n) is 15.3. The Labute approximate surface area is 471 Å². The SMILES string of the molecule is C1=CCCC=C1.CPS.Cc1ccc(-c2ccc3c(c2)c2ccccc2n3-c2ccccc2)cc1-c1c(C)cccc1-c1cccc(-c2cccc(-c3cccc(-c4ccc5c(c4)c4ccccc4n5-c4ccccc4)c3)c2)c1. The lowest BCUT2D eigenvalue weighted by molar-refractivity contribution is 1.04. The second kappa shape index (κ2) is 23.1. The lowest BCUT2D eigenvalue weighted by Gasteiger charge is -2.18. The fourth-order valence-electron chi connectivity index (χ4n) is 11.5. The monoisotopic (exact) mass is 1050 g/mol. The molecule has 1 atom stereocenters. The molecule has 0 bridgehead atoms. The molecule has 0 saturated carbocycles. The molecule has 11 aromatic carbocycles. The highest BCUT2D eigenvalue weighted by molar-refractivity contribution is 8.37. The number of nitrogens with zero attached hydrogens (tertiary/aromatic N) is 2. The lowest BCUT2D eigenvalue weighted by atomic mass is 9.86. The average molecular weight is 1050 g/mol. The molecule has 0 fully saturated rings. The summed E-state index contributed by atoms with van der Waals surface area (Å²) in [4.78, 5) is 0. The summed E-state index contributed by atoms with van der Waals surface area (Å²) < 4.78 is 4.75. The molecule has 79 heavy (non-hydrogen) atoms. The van der Waals surface area contributed by atoms with Gasteiger partial charge >= 0.3 is 0 Å². The second-order valence-corrected chi connectivity index (χ2v) is 22.1. The van der Waals surface area contributed by atoms with E-state index in [1.165, 1.54) is 146 Å². The first-order valence-electron chi connectivity index (χ1n) is 27.3. The topological polar surface area (TPSA) is 9.86 Å². The number of hydrogen-bond donors (Lipinski definition) is 1. The van der Waals surface area contributed by atoms with Crippen LogP contribution in [0.15, 0.2) is 279 Å². The maximum atomic E-state index is 3.82. The van der Waals surface area contributed by atoms with Gasteiger partial charge in [0.15, 0.2) is 0 Å². The number of aryl methyl sites for hydroxylation is 2. The summed E-state index contributed by atoms with van der Waals surface area (Å²) in [6.45, 7) is 6.51. The predicted octanol–water partition coefficient (Wildman–Crippen LogP) is 21.5. The molecule has 1 aliphatic rings. The van der Waals surface area contributed by atoms with Gasteiger partial charge in [0.05, 0.1) is 22.1 Å². The molecule has 13 aromatic rings. The maximum absolute atomic E-state index is 3.82. The standard InChI is InChI=1S/C68H48N2.C6H8.CH5PS/c1-45-33-34-52(54-36-38-67-63(44-54)60-29-10-12-32-65(60)70(67)57-26-7-4-8-27-57)42-61(45)68-46(2)17-13-30-58(68)55-23-16-22-51(41-55)49-20-14-18-47(39-49)48-19-15-21-50(40-48)53-35-37-66-62(43-53)59-28-9-11-31-64(59)69(66)56-24-5-3-6-25-56;1-2-4-6-5-3-1;1-2-3/h3-44H,1-2H3;1-4H,5-6H2;2-3H,1H3. The van der Waals surface area contributed by atoms with Gasteiger partial charge in [-0.15, -0.1) is 0 Å². The van der Waals surface area contributed by atoms with Gasteiger partial charge in [0.1, 0.15) is 0 Å². The molecule has 2 nitrogen and oxygen atoms in total. The van der Waals surface area contributed by atoms with E-state index in [1.807, 2.05) is 6.66 Å². The summed E-state index contributed by atoms with van der Waals surface area (Å²) in [5.74, 6) is 0. The van der Waals surface area contributed by atoms with E-state index >= 15 is 0 Å². The summed E-state index contributed by atoms with van der Waals surface area (Å²) in [5, 5.41) is 5.03. The van der Waals surface area contributed by atoms with Crippen molar-refractivity contribution in [3.8, 4) is 78.1 Å². The number of benzene rings is 11. The largest absolute Gasteiger partial charge is 0.309 e. The quantitative estimate of drug-likeness (QED) is 0.115. The van der Waals surface area contributed by atoms with Gasteiger partial charge in [0.25, 0.3) is 0 Å². The Morgan fingerprint density at radius 2 is 0.696 bits per heavy atom. The summed E-state index contributed by atoms with van der Waals surface area (Å²) in [6.07, 6.45) is 11.0. The van der Waals surface area contributed by atoms with Crippen molar-refractivity contribution in [3.05, 3.63) is 290 Å². The highest BCUT2D eigenvalue weighted by Gasteiger charge is 2.18. The Hall–Kier alpha value is -8.72. The zero-order valence-corrected chi connectivity index (χ0v) is 46.7. The van der Waals surface area contributed by atoms with Crippen LogP contribution < -0.4 is 0 Å². The second-order valence-electron chi connectivity index (χ2n) is 20.3. The van der Waals surface area contributed by atoms with Crippen molar-refractivity contribution in [2.24, 2.45) is 0 Å². The number of rotatable bonds is 8. The van der Waals surface area contributed by atoms with Crippen LogP contribution in [0.4, 0.5) is 0 Å². The van der Waals surface area contributed by atoms with E-state index < -0.39 is 0 Å². The van der Waals surface area contributed by atoms with Crippen molar-refractivity contribution in [2.75, 3.05) is 6.66 Å². The number of hydrogen-bond acceptors (Lipinski definition) is 1. The van der Waals surface area contributed by atoms with Gasteiger partial charge in [-0.3, -0.25) is 0 Å². The van der Waals surface area contributed by atoms with Gasteiger partial charge in [-0.05, 0) is 196 Å². The number of thiol groups is 1. The highest BCUT2D eigenvalue weighted by Crippen LogP contribution is 2.42. The molecular formula is C75H61N2PS. The van der Waals surface area contributed by atoms with Crippen LogP contribution in [0.3, 0.4) is 0 Å². The molecule has 1 aliphatic carbocycles. The lowest BCUT2D eigenvalue weighted by Crippen LogP contribution is -1.94. The Bertz CT molecular complexity index is 4380. The molecule has 0 amide bonds. The van der Waals surface area contributed by atoms with Crippen molar-refractivity contribution < 1.29 is 0 Å². The zero-order chi connectivity index (χ0) is 53.7. The molecule has 14 rings (SSSR count). The molecule has 0 aliphatic heterocycles. The number of para-hydroxylation sites is 4. The Morgan fingerprint density at radius 3 is 1.16 bits per heavy atom. The Morgan fingerprint density at radius 1 is 0.316 bits per heavy atom. The van der Waals surface area contributed by atoms with Crippen LogP contribution in [-0.4, -0.2) is 15.8 Å². The predicted molar refractivity (Wildman–Crippen MR) is 348 cm³/mol. The van der Waals surface area contributed by atoms with Gasteiger partial charge in [-0.2, -0.15) is 12.2 Å². The van der Waals surface area contributed by atoms with Crippen LogP contribution in [0.25, 0.3) is 122 Å². The van der Waals surface area contributed by atoms with E-state index in [2.05, 4.69) is 314 Å². The normalized spacial score (nSPS) is 12.1. The van der Waals surface area contributed by atoms with Gasteiger partial charge in [0, 0.05) is 32.9 Å².